The Balaban J connectivity index is 1.90. The second kappa shape index (κ2) is 4.24. The van der Waals surface area contributed by atoms with E-state index in [-0.39, 0.29) is 6.04 Å². The minimum atomic E-state index is -4.39. The highest BCUT2D eigenvalue weighted by molar-refractivity contribution is 5.77. The molecule has 0 aromatic rings. The number of rotatable bonds is 1. The van der Waals surface area contributed by atoms with E-state index < -0.39 is 18.5 Å². The van der Waals surface area contributed by atoms with Crippen LogP contribution in [-0.4, -0.2) is 42.7 Å². The highest BCUT2D eigenvalue weighted by Gasteiger charge is 2.40. The Labute approximate surface area is 92.0 Å². The molecule has 0 spiro atoms. The lowest BCUT2D eigenvalue weighted by Crippen LogP contribution is -2.41. The molecule has 2 heterocycles. The summed E-state index contributed by atoms with van der Waals surface area (Å²) in [6, 6.07) is 0.200. The van der Waals surface area contributed by atoms with Gasteiger partial charge in [0.2, 0.25) is 5.91 Å². The van der Waals surface area contributed by atoms with Crippen LogP contribution in [0.4, 0.5) is 13.2 Å². The Morgan fingerprint density at radius 3 is 2.75 bits per heavy atom. The first-order chi connectivity index (χ1) is 7.46. The van der Waals surface area contributed by atoms with Crippen LogP contribution in [0.15, 0.2) is 0 Å². The molecule has 0 unspecified atom stereocenters. The van der Waals surface area contributed by atoms with Gasteiger partial charge in [-0.1, -0.05) is 0 Å². The maximum absolute atomic E-state index is 12.1. The Kier molecular flexibility index (Phi) is 3.10. The van der Waals surface area contributed by atoms with E-state index in [0.29, 0.717) is 19.0 Å². The predicted octanol–water partition coefficient (Wildman–Crippen LogP) is 1.15. The van der Waals surface area contributed by atoms with Crippen LogP contribution >= 0.6 is 0 Å². The summed E-state index contributed by atoms with van der Waals surface area (Å²) in [7, 11) is 0. The van der Waals surface area contributed by atoms with Crippen LogP contribution in [0.2, 0.25) is 0 Å². The van der Waals surface area contributed by atoms with Gasteiger partial charge in [0, 0.05) is 19.1 Å². The zero-order valence-corrected chi connectivity index (χ0v) is 8.89. The molecule has 0 bridgehead atoms. The van der Waals surface area contributed by atoms with E-state index in [9.17, 15) is 18.0 Å². The minimum Gasteiger partial charge on any atom is -0.340 e. The van der Waals surface area contributed by atoms with Crippen molar-refractivity contribution >= 4 is 5.91 Å². The van der Waals surface area contributed by atoms with E-state index >= 15 is 0 Å². The molecule has 0 radical (unpaired) electrons. The molecule has 92 valence electrons. The summed E-state index contributed by atoms with van der Waals surface area (Å²) in [5.74, 6) is -0.449. The number of piperidine rings is 1. The number of carbonyl (C=O) groups is 1. The zero-order valence-electron chi connectivity index (χ0n) is 8.89. The van der Waals surface area contributed by atoms with Crippen molar-refractivity contribution in [3.8, 4) is 0 Å². The van der Waals surface area contributed by atoms with Gasteiger partial charge >= 0.3 is 6.18 Å². The molecule has 16 heavy (non-hydrogen) atoms. The second-order valence-electron chi connectivity index (χ2n) is 4.55. The highest BCUT2D eigenvalue weighted by Crippen LogP contribution is 2.27. The summed E-state index contributed by atoms with van der Waals surface area (Å²) in [5.41, 5.74) is 0. The molecule has 6 heteroatoms. The van der Waals surface area contributed by atoms with Gasteiger partial charge in [0.25, 0.3) is 0 Å². The highest BCUT2D eigenvalue weighted by atomic mass is 19.4. The Bertz CT molecular complexity index is 266. The van der Waals surface area contributed by atoms with Gasteiger partial charge in [-0.05, 0) is 25.3 Å². The van der Waals surface area contributed by atoms with Crippen LogP contribution < -0.4 is 5.32 Å². The molecule has 1 N–H and O–H groups in total. The van der Waals surface area contributed by atoms with Crippen molar-refractivity contribution in [2.24, 2.45) is 5.92 Å². The molecule has 2 atom stereocenters. The van der Waals surface area contributed by atoms with Crippen LogP contribution in [0.25, 0.3) is 0 Å². The molecular weight excluding hydrogens is 221 g/mol. The molecule has 2 aliphatic heterocycles. The number of halogens is 3. The lowest BCUT2D eigenvalue weighted by molar-refractivity contribution is -0.160. The first-order valence-corrected chi connectivity index (χ1v) is 5.53. The zero-order chi connectivity index (χ0) is 11.8. The topological polar surface area (TPSA) is 32.3 Å². The van der Waals surface area contributed by atoms with Gasteiger partial charge in [-0.3, -0.25) is 4.79 Å². The van der Waals surface area contributed by atoms with Gasteiger partial charge in [0.1, 0.15) is 6.42 Å². The van der Waals surface area contributed by atoms with E-state index in [1.54, 1.807) is 0 Å². The van der Waals surface area contributed by atoms with Crippen LogP contribution in [0.1, 0.15) is 19.3 Å². The Morgan fingerprint density at radius 1 is 1.38 bits per heavy atom. The second-order valence-corrected chi connectivity index (χ2v) is 4.55. The van der Waals surface area contributed by atoms with Crippen LogP contribution in [0.5, 0.6) is 0 Å². The SMILES string of the molecule is O=C(CC(F)(F)F)N1C[C@@H]2CCCN[C@@H]2C1. The molecule has 2 aliphatic rings. The van der Waals surface area contributed by atoms with Crippen molar-refractivity contribution in [2.45, 2.75) is 31.5 Å². The van der Waals surface area contributed by atoms with Crippen molar-refractivity contribution in [3.05, 3.63) is 0 Å². The third kappa shape index (κ3) is 2.66. The average molecular weight is 236 g/mol. The molecular formula is C10H15F3N2O. The lowest BCUT2D eigenvalue weighted by Gasteiger charge is -2.24. The first kappa shape index (κ1) is 11.7. The number of likely N-dealkylation sites (tertiary alicyclic amines) is 1. The van der Waals surface area contributed by atoms with E-state index in [4.69, 9.17) is 0 Å². The van der Waals surface area contributed by atoms with Crippen LogP contribution in [-0.2, 0) is 4.79 Å². The number of carbonyl (C=O) groups excluding carboxylic acids is 1. The lowest BCUT2D eigenvalue weighted by atomic mass is 9.94. The van der Waals surface area contributed by atoms with E-state index in [2.05, 4.69) is 5.32 Å². The van der Waals surface area contributed by atoms with Crippen molar-refractivity contribution in [1.29, 1.82) is 0 Å². The van der Waals surface area contributed by atoms with Crippen LogP contribution in [0.3, 0.4) is 0 Å². The molecule has 0 aromatic heterocycles. The minimum absolute atomic E-state index is 0.200. The molecule has 2 saturated heterocycles. The number of amides is 1. The summed E-state index contributed by atoms with van der Waals surface area (Å²) in [4.78, 5) is 12.7. The van der Waals surface area contributed by atoms with Crippen LogP contribution in [0, 0.1) is 5.92 Å². The summed E-state index contributed by atoms with van der Waals surface area (Å²) in [5, 5.41) is 3.25. The first-order valence-electron chi connectivity index (χ1n) is 5.53. The van der Waals surface area contributed by atoms with Gasteiger partial charge < -0.3 is 10.2 Å². The molecule has 0 saturated carbocycles. The van der Waals surface area contributed by atoms with Gasteiger partial charge in [-0.2, -0.15) is 13.2 Å². The fourth-order valence-electron chi connectivity index (χ4n) is 2.53. The van der Waals surface area contributed by atoms with E-state index in [1.165, 1.54) is 4.90 Å². The maximum atomic E-state index is 12.1. The Morgan fingerprint density at radius 2 is 2.12 bits per heavy atom. The third-order valence-electron chi connectivity index (χ3n) is 3.30. The summed E-state index contributed by atoms with van der Waals surface area (Å²) in [6.07, 6.45) is -3.67. The number of nitrogens with one attached hydrogen (secondary N) is 1. The molecule has 1 amide bonds. The van der Waals surface area contributed by atoms with Gasteiger partial charge in [0.05, 0.1) is 0 Å². The van der Waals surface area contributed by atoms with Gasteiger partial charge in [-0.15, -0.1) is 0 Å². The number of hydrogen-bond acceptors (Lipinski definition) is 2. The smallest absolute Gasteiger partial charge is 0.340 e. The monoisotopic (exact) mass is 236 g/mol. The molecule has 0 aliphatic carbocycles. The van der Waals surface area contributed by atoms with Crippen molar-refractivity contribution < 1.29 is 18.0 Å². The fraction of sp³-hybridized carbons (Fsp3) is 0.900. The van der Waals surface area contributed by atoms with Crippen molar-refractivity contribution in [3.63, 3.8) is 0 Å². The molecule has 2 fully saturated rings. The molecule has 3 nitrogen and oxygen atoms in total. The molecule has 0 aromatic carbocycles. The fourth-order valence-corrected chi connectivity index (χ4v) is 2.53. The van der Waals surface area contributed by atoms with Gasteiger partial charge in [-0.25, -0.2) is 0 Å². The van der Waals surface area contributed by atoms with E-state index in [1.807, 2.05) is 0 Å². The number of alkyl halides is 3. The standard InChI is InChI=1S/C10H15F3N2O/c11-10(12,13)4-9(16)15-5-7-2-1-3-14-8(7)6-15/h7-8,14H,1-6H2/t7-,8+/m0/s1. The molecule has 2 rings (SSSR count). The summed E-state index contributed by atoms with van der Waals surface area (Å²) in [6.45, 7) is 1.81. The maximum Gasteiger partial charge on any atom is 0.397 e. The normalized spacial score (nSPS) is 30.3. The largest absolute Gasteiger partial charge is 0.397 e. The third-order valence-corrected chi connectivity index (χ3v) is 3.30. The van der Waals surface area contributed by atoms with Crippen molar-refractivity contribution in [2.75, 3.05) is 19.6 Å². The summed E-state index contributed by atoms with van der Waals surface area (Å²) < 4.78 is 36.2. The predicted molar refractivity (Wildman–Crippen MR) is 51.8 cm³/mol. The summed E-state index contributed by atoms with van der Waals surface area (Å²) >= 11 is 0. The quantitative estimate of drug-likeness (QED) is 0.740. The van der Waals surface area contributed by atoms with Gasteiger partial charge in [0.15, 0.2) is 0 Å². The average Bonchev–Trinajstić information content (AvgIpc) is 2.58. The number of nitrogens with zero attached hydrogens (tertiary/aromatic N) is 1. The Hall–Kier alpha value is -0.780. The van der Waals surface area contributed by atoms with Crippen molar-refractivity contribution in [1.82, 2.24) is 10.2 Å². The van der Waals surface area contributed by atoms with E-state index in [0.717, 1.165) is 19.4 Å². The number of fused-ring (bicyclic) bond motifs is 1. The number of hydrogen-bond donors (Lipinski definition) is 1.